The van der Waals surface area contributed by atoms with E-state index < -0.39 is 0 Å². The van der Waals surface area contributed by atoms with Crippen molar-refractivity contribution in [3.8, 4) is 0 Å². The molecule has 1 aliphatic rings. The van der Waals surface area contributed by atoms with Crippen LogP contribution in [0.2, 0.25) is 0 Å². The number of thiophene rings is 1. The summed E-state index contributed by atoms with van der Waals surface area (Å²) in [7, 11) is 0. The van der Waals surface area contributed by atoms with Crippen molar-refractivity contribution in [1.29, 1.82) is 0 Å². The van der Waals surface area contributed by atoms with E-state index in [1.807, 2.05) is 0 Å². The first-order valence-electron chi connectivity index (χ1n) is 6.34. The van der Waals surface area contributed by atoms with Crippen LogP contribution < -0.4 is 5.32 Å². The van der Waals surface area contributed by atoms with Gasteiger partial charge < -0.3 is 10.4 Å². The Kier molecular flexibility index (Phi) is 3.46. The van der Waals surface area contributed by atoms with Crippen molar-refractivity contribution in [1.82, 2.24) is 5.32 Å². The molecule has 0 saturated heterocycles. The van der Waals surface area contributed by atoms with Gasteiger partial charge in [-0.2, -0.15) is 0 Å². The van der Waals surface area contributed by atoms with Crippen molar-refractivity contribution in [2.75, 3.05) is 6.61 Å². The monoisotopic (exact) mass is 259 g/mol. The molecule has 1 heterocycles. The molecule has 0 fully saturated rings. The summed E-state index contributed by atoms with van der Waals surface area (Å²) in [6.07, 6.45) is 5.30. The highest BCUT2D eigenvalue weighted by Gasteiger charge is 2.17. The van der Waals surface area contributed by atoms with Crippen LogP contribution in [0.5, 0.6) is 0 Å². The summed E-state index contributed by atoms with van der Waals surface area (Å²) in [5.74, 6) is 0.335. The summed E-state index contributed by atoms with van der Waals surface area (Å²) < 4.78 is 1.35. The van der Waals surface area contributed by atoms with Crippen LogP contribution in [0.4, 0.5) is 0 Å². The molecule has 2 atom stereocenters. The number of hydrogen-bond acceptors (Lipinski definition) is 3. The van der Waals surface area contributed by atoms with Crippen LogP contribution in [0.15, 0.2) is 41.8 Å². The van der Waals surface area contributed by atoms with Crippen molar-refractivity contribution >= 4 is 21.4 Å². The molecular weight excluding hydrogens is 242 g/mol. The smallest absolute Gasteiger partial charge is 0.0494 e. The lowest BCUT2D eigenvalue weighted by atomic mass is 10.1. The number of aliphatic hydroxyl groups excluding tert-OH is 1. The van der Waals surface area contributed by atoms with Gasteiger partial charge in [0.15, 0.2) is 0 Å². The summed E-state index contributed by atoms with van der Waals surface area (Å²) in [5.41, 5.74) is 1.37. The Morgan fingerprint density at radius 2 is 2.17 bits per heavy atom. The molecule has 2 N–H and O–H groups in total. The van der Waals surface area contributed by atoms with Crippen LogP contribution in [0.3, 0.4) is 0 Å². The summed E-state index contributed by atoms with van der Waals surface area (Å²) in [6, 6.07) is 8.93. The van der Waals surface area contributed by atoms with E-state index in [2.05, 4.69) is 47.1 Å². The normalized spacial score (nSPS) is 22.9. The molecular formula is C15H17NOS. The maximum Gasteiger partial charge on any atom is 0.0494 e. The van der Waals surface area contributed by atoms with E-state index >= 15 is 0 Å². The summed E-state index contributed by atoms with van der Waals surface area (Å²) in [5, 5.41) is 16.2. The van der Waals surface area contributed by atoms with Gasteiger partial charge in [0.05, 0.1) is 0 Å². The van der Waals surface area contributed by atoms with Gasteiger partial charge >= 0.3 is 0 Å². The molecule has 1 aromatic carbocycles. The highest BCUT2D eigenvalue weighted by Crippen LogP contribution is 2.26. The second-order valence-electron chi connectivity index (χ2n) is 4.81. The Labute approximate surface area is 111 Å². The number of rotatable bonds is 4. The van der Waals surface area contributed by atoms with E-state index in [1.165, 1.54) is 15.6 Å². The number of hydrogen-bond donors (Lipinski definition) is 2. The largest absolute Gasteiger partial charge is 0.396 e. The predicted molar refractivity (Wildman–Crippen MR) is 76.8 cm³/mol. The minimum absolute atomic E-state index is 0.260. The second-order valence-corrected chi connectivity index (χ2v) is 5.72. The average Bonchev–Trinajstić information content (AvgIpc) is 3.03. The van der Waals surface area contributed by atoms with Gasteiger partial charge in [0, 0.05) is 29.8 Å². The summed E-state index contributed by atoms with van der Waals surface area (Å²) in [6.45, 7) is 1.16. The first-order valence-corrected chi connectivity index (χ1v) is 7.22. The Hall–Kier alpha value is -1.16. The van der Waals surface area contributed by atoms with Crippen molar-refractivity contribution in [3.05, 3.63) is 47.4 Å². The van der Waals surface area contributed by atoms with Gasteiger partial charge in [0.2, 0.25) is 0 Å². The fraction of sp³-hybridized carbons (Fsp3) is 0.333. The van der Waals surface area contributed by atoms with Gasteiger partial charge in [-0.1, -0.05) is 30.4 Å². The summed E-state index contributed by atoms with van der Waals surface area (Å²) in [4.78, 5) is 0. The fourth-order valence-electron chi connectivity index (χ4n) is 2.47. The van der Waals surface area contributed by atoms with Crippen LogP contribution in [0.25, 0.3) is 10.1 Å². The highest BCUT2D eigenvalue weighted by atomic mass is 32.1. The Bertz CT molecular complexity index is 560. The Morgan fingerprint density at radius 1 is 1.28 bits per heavy atom. The van der Waals surface area contributed by atoms with Crippen LogP contribution in [0.1, 0.15) is 12.0 Å². The molecule has 0 amide bonds. The molecule has 0 aliphatic heterocycles. The molecule has 0 radical (unpaired) electrons. The van der Waals surface area contributed by atoms with Gasteiger partial charge in [-0.3, -0.25) is 0 Å². The van der Waals surface area contributed by atoms with E-state index in [1.54, 1.807) is 11.3 Å². The molecule has 1 aromatic heterocycles. The van der Waals surface area contributed by atoms with Gasteiger partial charge in [0.1, 0.15) is 0 Å². The van der Waals surface area contributed by atoms with E-state index in [0.717, 1.165) is 13.0 Å². The van der Waals surface area contributed by atoms with E-state index in [0.29, 0.717) is 12.0 Å². The zero-order valence-corrected chi connectivity index (χ0v) is 11.0. The van der Waals surface area contributed by atoms with Crippen LogP contribution in [-0.4, -0.2) is 17.8 Å². The Morgan fingerprint density at radius 3 is 3.00 bits per heavy atom. The minimum Gasteiger partial charge on any atom is -0.396 e. The maximum atomic E-state index is 9.10. The lowest BCUT2D eigenvalue weighted by Gasteiger charge is -2.12. The fourth-order valence-corrected chi connectivity index (χ4v) is 3.43. The molecule has 18 heavy (non-hydrogen) atoms. The molecule has 2 aromatic rings. The van der Waals surface area contributed by atoms with Crippen molar-refractivity contribution < 1.29 is 5.11 Å². The number of benzene rings is 1. The van der Waals surface area contributed by atoms with E-state index in [4.69, 9.17) is 5.11 Å². The molecule has 1 aliphatic carbocycles. The van der Waals surface area contributed by atoms with Gasteiger partial charge in [-0.05, 0) is 28.8 Å². The standard InChI is InChI=1S/C15H17NOS/c17-9-11-5-6-13(7-11)16-8-12-10-18-15-4-2-1-3-14(12)15/h1-6,10-11,13,16-17H,7-9H2/t11-,13+/m0/s1. The number of fused-ring (bicyclic) bond motifs is 1. The van der Waals surface area contributed by atoms with Gasteiger partial charge in [-0.25, -0.2) is 0 Å². The first-order chi connectivity index (χ1) is 8.86. The lowest BCUT2D eigenvalue weighted by Crippen LogP contribution is -2.25. The predicted octanol–water partition coefficient (Wildman–Crippen LogP) is 2.93. The molecule has 0 spiro atoms. The van der Waals surface area contributed by atoms with Crippen LogP contribution in [0, 0.1) is 5.92 Å². The number of aliphatic hydroxyl groups is 1. The third-order valence-electron chi connectivity index (χ3n) is 3.52. The quantitative estimate of drug-likeness (QED) is 0.827. The Balaban J connectivity index is 1.65. The third-order valence-corrected chi connectivity index (χ3v) is 4.53. The summed E-state index contributed by atoms with van der Waals surface area (Å²) >= 11 is 1.80. The maximum absolute atomic E-state index is 9.10. The first kappa shape index (κ1) is 11.9. The molecule has 3 rings (SSSR count). The van der Waals surface area contributed by atoms with Crippen molar-refractivity contribution in [2.45, 2.75) is 19.0 Å². The van der Waals surface area contributed by atoms with Gasteiger partial charge in [0.25, 0.3) is 0 Å². The highest BCUT2D eigenvalue weighted by molar-refractivity contribution is 7.17. The number of nitrogens with one attached hydrogen (secondary N) is 1. The third kappa shape index (κ3) is 2.34. The minimum atomic E-state index is 0.260. The molecule has 2 nitrogen and oxygen atoms in total. The topological polar surface area (TPSA) is 32.3 Å². The van der Waals surface area contributed by atoms with E-state index in [9.17, 15) is 0 Å². The van der Waals surface area contributed by atoms with Crippen molar-refractivity contribution in [3.63, 3.8) is 0 Å². The van der Waals surface area contributed by atoms with Crippen LogP contribution in [-0.2, 0) is 6.54 Å². The zero-order valence-electron chi connectivity index (χ0n) is 10.2. The molecule has 0 saturated carbocycles. The van der Waals surface area contributed by atoms with Crippen molar-refractivity contribution in [2.24, 2.45) is 5.92 Å². The zero-order chi connectivity index (χ0) is 12.4. The van der Waals surface area contributed by atoms with Crippen LogP contribution >= 0.6 is 11.3 Å². The second kappa shape index (κ2) is 5.22. The molecule has 0 unspecified atom stereocenters. The SMILES string of the molecule is OC[C@H]1C=C[C@@H](NCc2csc3ccccc23)C1. The van der Waals surface area contributed by atoms with E-state index in [-0.39, 0.29) is 6.61 Å². The average molecular weight is 259 g/mol. The molecule has 3 heteroatoms. The molecule has 94 valence electrons. The lowest BCUT2D eigenvalue weighted by molar-refractivity contribution is 0.246. The van der Waals surface area contributed by atoms with Gasteiger partial charge in [-0.15, -0.1) is 11.3 Å². The molecule has 0 bridgehead atoms.